The zero-order valence-corrected chi connectivity index (χ0v) is 9.05. The molecule has 0 aliphatic carbocycles. The van der Waals surface area contributed by atoms with E-state index in [1.54, 1.807) is 6.92 Å². The van der Waals surface area contributed by atoms with E-state index < -0.39 is 0 Å². The fourth-order valence-corrected chi connectivity index (χ4v) is 1.47. The highest BCUT2D eigenvalue weighted by molar-refractivity contribution is 5.99. The van der Waals surface area contributed by atoms with Crippen molar-refractivity contribution in [3.05, 3.63) is 60.2 Å². The fraction of sp³-hybridized carbons (Fsp3) is 0.0714. The van der Waals surface area contributed by atoms with E-state index in [1.807, 2.05) is 54.6 Å². The van der Waals surface area contributed by atoms with Crippen LogP contribution in [0.4, 0.5) is 0 Å². The summed E-state index contributed by atoms with van der Waals surface area (Å²) in [6.07, 6.45) is 0. The molecule has 0 unspecified atom stereocenters. The summed E-state index contributed by atoms with van der Waals surface area (Å²) in [4.78, 5) is 0. The van der Waals surface area contributed by atoms with Gasteiger partial charge in [0.05, 0.1) is 5.71 Å². The number of para-hydroxylation sites is 2. The molecule has 0 amide bonds. The lowest BCUT2D eigenvalue weighted by atomic mass is 10.1. The number of nitrogens with zero attached hydrogens (tertiary/aromatic N) is 1. The van der Waals surface area contributed by atoms with Crippen LogP contribution in [0.15, 0.2) is 54.6 Å². The lowest BCUT2D eigenvalue weighted by molar-refractivity contribution is 0.481. The van der Waals surface area contributed by atoms with Crippen LogP contribution >= 0.6 is 0 Å². The van der Waals surface area contributed by atoms with Gasteiger partial charge in [0.25, 0.3) is 0 Å². The first-order valence-electron chi connectivity index (χ1n) is 5.12. The molecule has 0 heterocycles. The highest BCUT2D eigenvalue weighted by Gasteiger charge is 2.05. The van der Waals surface area contributed by atoms with E-state index >= 15 is 0 Å². The number of hydrogen-bond donors (Lipinski definition) is 0. The van der Waals surface area contributed by atoms with E-state index in [0.717, 1.165) is 5.75 Å². The van der Waals surface area contributed by atoms with Crippen molar-refractivity contribution in [3.8, 4) is 11.5 Å². The molecule has 0 bridgehead atoms. The first-order valence-corrected chi connectivity index (χ1v) is 5.12. The summed E-state index contributed by atoms with van der Waals surface area (Å²) in [6, 6.07) is 16.9. The van der Waals surface area contributed by atoms with Gasteiger partial charge in [-0.25, -0.2) is 0 Å². The van der Waals surface area contributed by atoms with Gasteiger partial charge in [-0.05, 0) is 31.2 Å². The second-order valence-electron chi connectivity index (χ2n) is 3.50. The third kappa shape index (κ3) is 2.28. The zero-order chi connectivity index (χ0) is 11.4. The van der Waals surface area contributed by atoms with Crippen molar-refractivity contribution >= 4 is 5.71 Å². The average Bonchev–Trinajstić information content (AvgIpc) is 2.31. The predicted octanol–water partition coefficient (Wildman–Crippen LogP) is 3.09. The fourth-order valence-electron chi connectivity index (χ4n) is 1.47. The molecule has 0 spiro atoms. The Kier molecular flexibility index (Phi) is 3.01. The topological polar surface area (TPSA) is 31.5 Å². The van der Waals surface area contributed by atoms with E-state index in [4.69, 9.17) is 4.74 Å². The molecule has 2 aromatic carbocycles. The van der Waals surface area contributed by atoms with Crippen LogP contribution in [0.2, 0.25) is 0 Å². The molecular weight excluding hydrogens is 198 g/mol. The monoisotopic (exact) mass is 210 g/mol. The Bertz CT molecular complexity index is 491. The van der Waals surface area contributed by atoms with Gasteiger partial charge in [0.15, 0.2) is 0 Å². The summed E-state index contributed by atoms with van der Waals surface area (Å²) in [5.74, 6) is 1.42. The number of benzene rings is 2. The van der Waals surface area contributed by atoms with Gasteiger partial charge in [0, 0.05) is 5.56 Å². The standard InChI is InChI=1S/C14H12NO/c1-11(15)13-9-5-6-10-14(13)16-12-7-3-2-4-8-12/h2-10H,1H3. The molecule has 0 aromatic heterocycles. The molecule has 0 aliphatic rings. The first-order chi connectivity index (χ1) is 7.77. The van der Waals surface area contributed by atoms with Crippen LogP contribution < -0.4 is 10.1 Å². The maximum Gasteiger partial charge on any atom is 0.136 e. The highest BCUT2D eigenvalue weighted by Crippen LogP contribution is 2.24. The lowest BCUT2D eigenvalue weighted by Crippen LogP contribution is -1.98. The van der Waals surface area contributed by atoms with Crippen LogP contribution in [-0.4, -0.2) is 5.71 Å². The van der Waals surface area contributed by atoms with Crippen molar-refractivity contribution in [2.45, 2.75) is 6.92 Å². The normalized spacial score (nSPS) is 9.81. The molecule has 0 fully saturated rings. The van der Waals surface area contributed by atoms with Crippen LogP contribution in [0.3, 0.4) is 0 Å². The summed E-state index contributed by atoms with van der Waals surface area (Å²) >= 11 is 0. The Morgan fingerprint density at radius 1 is 0.938 bits per heavy atom. The van der Waals surface area contributed by atoms with E-state index in [1.165, 1.54) is 0 Å². The third-order valence-electron chi connectivity index (χ3n) is 2.25. The molecular formula is C14H12NO. The molecule has 0 saturated heterocycles. The van der Waals surface area contributed by atoms with Crippen molar-refractivity contribution in [2.75, 3.05) is 0 Å². The van der Waals surface area contributed by atoms with Crippen molar-refractivity contribution in [2.24, 2.45) is 0 Å². The van der Waals surface area contributed by atoms with Gasteiger partial charge in [-0.3, -0.25) is 0 Å². The maximum absolute atomic E-state index is 9.52. The first kappa shape index (κ1) is 10.4. The number of ether oxygens (including phenoxy) is 1. The molecule has 16 heavy (non-hydrogen) atoms. The molecule has 0 N–H and O–H groups in total. The highest BCUT2D eigenvalue weighted by atomic mass is 16.5. The Morgan fingerprint density at radius 3 is 2.25 bits per heavy atom. The number of hydrogen-bond acceptors (Lipinski definition) is 1. The minimum absolute atomic E-state index is 0.256. The van der Waals surface area contributed by atoms with E-state index in [2.05, 4.69) is 0 Å². The Labute approximate surface area is 95.0 Å². The van der Waals surface area contributed by atoms with Crippen LogP contribution in [-0.2, 0) is 0 Å². The molecule has 79 valence electrons. The second-order valence-corrected chi connectivity index (χ2v) is 3.50. The van der Waals surface area contributed by atoms with Crippen molar-refractivity contribution in [3.63, 3.8) is 0 Å². The molecule has 0 saturated carbocycles. The number of rotatable bonds is 3. The second kappa shape index (κ2) is 4.62. The van der Waals surface area contributed by atoms with Crippen LogP contribution in [0.5, 0.6) is 11.5 Å². The lowest BCUT2D eigenvalue weighted by Gasteiger charge is -2.09. The van der Waals surface area contributed by atoms with Gasteiger partial charge in [-0.1, -0.05) is 30.3 Å². The predicted molar refractivity (Wildman–Crippen MR) is 64.9 cm³/mol. The van der Waals surface area contributed by atoms with Gasteiger partial charge in [0.2, 0.25) is 0 Å². The Hall–Kier alpha value is -2.09. The zero-order valence-electron chi connectivity index (χ0n) is 9.05. The summed E-state index contributed by atoms with van der Waals surface area (Å²) in [5.41, 5.74) is 0.970. The van der Waals surface area contributed by atoms with Gasteiger partial charge >= 0.3 is 0 Å². The summed E-state index contributed by atoms with van der Waals surface area (Å²) in [5, 5.41) is 9.52. The van der Waals surface area contributed by atoms with Gasteiger partial charge in [0.1, 0.15) is 11.5 Å². The van der Waals surface area contributed by atoms with Crippen LogP contribution in [0.25, 0.3) is 0 Å². The van der Waals surface area contributed by atoms with Crippen LogP contribution in [0.1, 0.15) is 12.5 Å². The molecule has 2 heteroatoms. The van der Waals surface area contributed by atoms with Crippen molar-refractivity contribution < 1.29 is 4.74 Å². The Balaban J connectivity index is 2.31. The minimum Gasteiger partial charge on any atom is -0.457 e. The molecule has 0 atom stereocenters. The molecule has 2 aromatic rings. The van der Waals surface area contributed by atoms with Crippen LogP contribution in [0, 0.1) is 0 Å². The summed E-state index contributed by atoms with van der Waals surface area (Å²) < 4.78 is 5.69. The van der Waals surface area contributed by atoms with Crippen molar-refractivity contribution in [1.82, 2.24) is 5.41 Å². The minimum atomic E-state index is 0.256. The molecule has 0 aliphatic heterocycles. The summed E-state index contributed by atoms with van der Waals surface area (Å²) in [6.45, 7) is 1.65. The molecule has 2 rings (SSSR count). The van der Waals surface area contributed by atoms with E-state index in [0.29, 0.717) is 11.3 Å². The Morgan fingerprint density at radius 2 is 1.56 bits per heavy atom. The third-order valence-corrected chi connectivity index (χ3v) is 2.25. The largest absolute Gasteiger partial charge is 0.457 e. The maximum atomic E-state index is 9.52. The smallest absolute Gasteiger partial charge is 0.136 e. The summed E-state index contributed by atoms with van der Waals surface area (Å²) in [7, 11) is 0. The van der Waals surface area contributed by atoms with Crippen molar-refractivity contribution in [1.29, 1.82) is 0 Å². The average molecular weight is 210 g/mol. The van der Waals surface area contributed by atoms with Gasteiger partial charge in [-0.15, -0.1) is 0 Å². The molecule has 1 radical (unpaired) electrons. The molecule has 2 nitrogen and oxygen atoms in total. The van der Waals surface area contributed by atoms with E-state index in [9.17, 15) is 5.41 Å². The SMILES string of the molecule is CC(=[N])c1ccccc1Oc1ccccc1. The van der Waals surface area contributed by atoms with Gasteiger partial charge in [-0.2, -0.15) is 5.41 Å². The quantitative estimate of drug-likeness (QED) is 0.716. The van der Waals surface area contributed by atoms with Gasteiger partial charge < -0.3 is 4.74 Å². The van der Waals surface area contributed by atoms with E-state index in [-0.39, 0.29) is 5.71 Å².